The number of carbonyl (C=O) groups is 1. The van der Waals surface area contributed by atoms with Crippen molar-refractivity contribution in [2.24, 2.45) is 0 Å². The third-order valence-electron chi connectivity index (χ3n) is 5.27. The number of benzene rings is 2. The smallest absolute Gasteiger partial charge is 0.318 e. The summed E-state index contributed by atoms with van der Waals surface area (Å²) in [6.45, 7) is 4.49. The van der Waals surface area contributed by atoms with E-state index in [4.69, 9.17) is 18.9 Å². The predicted octanol–water partition coefficient (Wildman–Crippen LogP) is 3.79. The zero-order chi connectivity index (χ0) is 21.8. The molecular formula is C23H30N2O5. The Labute approximate surface area is 177 Å². The standard InChI is InChI=1S/C23H30N2O5/c1-14(2)24-23(26)25-10-9-15-11-20(29-5)21(30-6)13-17(15)22(25)16-7-8-18(27-3)19(12-16)28-4/h7-8,11-14,22H,9-10H2,1-6H3,(H,24,26). The zero-order valence-corrected chi connectivity index (χ0v) is 18.4. The van der Waals surface area contributed by atoms with Gasteiger partial charge < -0.3 is 29.2 Å². The Morgan fingerprint density at radius 1 is 0.933 bits per heavy atom. The summed E-state index contributed by atoms with van der Waals surface area (Å²) in [5, 5.41) is 3.02. The van der Waals surface area contributed by atoms with E-state index >= 15 is 0 Å². The minimum absolute atomic E-state index is 0.0374. The summed E-state index contributed by atoms with van der Waals surface area (Å²) in [7, 11) is 6.45. The molecule has 2 amide bonds. The molecule has 7 nitrogen and oxygen atoms in total. The van der Waals surface area contributed by atoms with Crippen molar-refractivity contribution in [3.63, 3.8) is 0 Å². The highest BCUT2D eigenvalue weighted by Crippen LogP contribution is 2.42. The molecule has 0 radical (unpaired) electrons. The minimum atomic E-state index is -0.299. The third-order valence-corrected chi connectivity index (χ3v) is 5.27. The summed E-state index contributed by atoms with van der Waals surface area (Å²) < 4.78 is 21.9. The van der Waals surface area contributed by atoms with E-state index in [9.17, 15) is 4.79 Å². The van der Waals surface area contributed by atoms with E-state index in [1.807, 2.05) is 49.1 Å². The molecule has 1 aliphatic heterocycles. The topological polar surface area (TPSA) is 69.3 Å². The lowest BCUT2D eigenvalue weighted by atomic mass is 9.87. The van der Waals surface area contributed by atoms with Crippen LogP contribution in [0.4, 0.5) is 4.79 Å². The molecule has 2 aromatic rings. The number of nitrogens with zero attached hydrogens (tertiary/aromatic N) is 1. The predicted molar refractivity (Wildman–Crippen MR) is 115 cm³/mol. The van der Waals surface area contributed by atoms with Gasteiger partial charge in [-0.3, -0.25) is 0 Å². The number of carbonyl (C=O) groups excluding carboxylic acids is 1. The van der Waals surface area contributed by atoms with Gasteiger partial charge in [-0.25, -0.2) is 4.79 Å². The number of urea groups is 1. The molecule has 7 heteroatoms. The van der Waals surface area contributed by atoms with Crippen LogP contribution in [0.25, 0.3) is 0 Å². The second kappa shape index (κ2) is 9.15. The van der Waals surface area contributed by atoms with Crippen LogP contribution in [0.2, 0.25) is 0 Å². The average Bonchev–Trinajstić information content (AvgIpc) is 2.76. The number of nitrogens with one attached hydrogen (secondary N) is 1. The lowest BCUT2D eigenvalue weighted by Crippen LogP contribution is -2.47. The number of ether oxygens (including phenoxy) is 4. The van der Waals surface area contributed by atoms with Crippen molar-refractivity contribution in [2.45, 2.75) is 32.4 Å². The molecule has 0 spiro atoms. The highest BCUT2D eigenvalue weighted by atomic mass is 16.5. The van der Waals surface area contributed by atoms with Crippen LogP contribution >= 0.6 is 0 Å². The molecular weight excluding hydrogens is 384 g/mol. The summed E-state index contributed by atoms with van der Waals surface area (Å²) >= 11 is 0. The SMILES string of the molecule is COc1ccc(C2c3cc(OC)c(OC)cc3CCN2C(=O)NC(C)C)cc1OC. The van der Waals surface area contributed by atoms with E-state index in [1.165, 1.54) is 0 Å². The summed E-state index contributed by atoms with van der Waals surface area (Å²) in [6.07, 6.45) is 0.727. The Hall–Kier alpha value is -3.09. The molecule has 0 aromatic heterocycles. The van der Waals surface area contributed by atoms with E-state index in [0.717, 1.165) is 23.1 Å². The van der Waals surface area contributed by atoms with Crippen LogP contribution < -0.4 is 24.3 Å². The molecule has 3 rings (SSSR count). The number of hydrogen-bond acceptors (Lipinski definition) is 5. The fraction of sp³-hybridized carbons (Fsp3) is 0.435. The molecule has 1 aliphatic rings. The maximum Gasteiger partial charge on any atom is 0.318 e. The van der Waals surface area contributed by atoms with Gasteiger partial charge >= 0.3 is 6.03 Å². The first-order valence-corrected chi connectivity index (χ1v) is 9.97. The van der Waals surface area contributed by atoms with Crippen molar-refractivity contribution < 1.29 is 23.7 Å². The molecule has 0 saturated carbocycles. The van der Waals surface area contributed by atoms with Gasteiger partial charge in [0.05, 0.1) is 34.5 Å². The van der Waals surface area contributed by atoms with Gasteiger partial charge in [0.25, 0.3) is 0 Å². The van der Waals surface area contributed by atoms with Gasteiger partial charge in [0.1, 0.15) is 0 Å². The first-order valence-electron chi connectivity index (χ1n) is 9.97. The van der Waals surface area contributed by atoms with Gasteiger partial charge in [-0.2, -0.15) is 0 Å². The van der Waals surface area contributed by atoms with Crippen LogP contribution in [0, 0.1) is 0 Å². The van der Waals surface area contributed by atoms with Crippen LogP contribution in [0.5, 0.6) is 23.0 Å². The maximum atomic E-state index is 13.1. The van der Waals surface area contributed by atoms with E-state index in [1.54, 1.807) is 28.4 Å². The molecule has 30 heavy (non-hydrogen) atoms. The van der Waals surface area contributed by atoms with Crippen LogP contribution in [0.15, 0.2) is 30.3 Å². The van der Waals surface area contributed by atoms with E-state index in [-0.39, 0.29) is 18.1 Å². The first kappa shape index (κ1) is 21.6. The molecule has 1 heterocycles. The largest absolute Gasteiger partial charge is 0.493 e. The van der Waals surface area contributed by atoms with E-state index in [2.05, 4.69) is 5.32 Å². The van der Waals surface area contributed by atoms with Crippen LogP contribution in [0.3, 0.4) is 0 Å². The first-order chi connectivity index (χ1) is 14.4. The molecule has 0 bridgehead atoms. The van der Waals surface area contributed by atoms with Crippen molar-refractivity contribution in [2.75, 3.05) is 35.0 Å². The number of rotatable bonds is 6. The molecule has 2 aromatic carbocycles. The molecule has 0 fully saturated rings. The zero-order valence-electron chi connectivity index (χ0n) is 18.4. The van der Waals surface area contributed by atoms with Crippen molar-refractivity contribution >= 4 is 6.03 Å². The normalized spacial score (nSPS) is 15.4. The second-order valence-electron chi connectivity index (χ2n) is 7.47. The number of hydrogen-bond donors (Lipinski definition) is 1. The molecule has 1 unspecified atom stereocenters. The van der Waals surface area contributed by atoms with Crippen molar-refractivity contribution in [3.8, 4) is 23.0 Å². The van der Waals surface area contributed by atoms with E-state index < -0.39 is 0 Å². The van der Waals surface area contributed by atoms with Gasteiger partial charge in [0, 0.05) is 12.6 Å². The van der Waals surface area contributed by atoms with Gasteiger partial charge in [-0.05, 0) is 61.2 Å². The Bertz CT molecular complexity index is 913. The summed E-state index contributed by atoms with van der Waals surface area (Å²) in [5.41, 5.74) is 3.06. The lowest BCUT2D eigenvalue weighted by Gasteiger charge is -2.38. The van der Waals surface area contributed by atoms with Crippen molar-refractivity contribution in [1.29, 1.82) is 0 Å². The van der Waals surface area contributed by atoms with Gasteiger partial charge in [0.2, 0.25) is 0 Å². The third kappa shape index (κ3) is 4.10. The quantitative estimate of drug-likeness (QED) is 0.779. The maximum absolute atomic E-state index is 13.1. The number of amides is 2. The highest BCUT2D eigenvalue weighted by molar-refractivity contribution is 5.76. The summed E-state index contributed by atoms with van der Waals surface area (Å²) in [5.74, 6) is 2.57. The Balaban J connectivity index is 2.16. The van der Waals surface area contributed by atoms with E-state index in [0.29, 0.717) is 29.5 Å². The number of methoxy groups -OCH3 is 4. The Kier molecular flexibility index (Phi) is 6.59. The Morgan fingerprint density at radius 2 is 1.53 bits per heavy atom. The van der Waals surface area contributed by atoms with Crippen molar-refractivity contribution in [3.05, 3.63) is 47.0 Å². The van der Waals surface area contributed by atoms with Crippen molar-refractivity contribution in [1.82, 2.24) is 10.2 Å². The molecule has 162 valence electrons. The van der Waals surface area contributed by atoms with Crippen LogP contribution in [0.1, 0.15) is 36.6 Å². The van der Waals surface area contributed by atoms with Crippen LogP contribution in [-0.2, 0) is 6.42 Å². The second-order valence-corrected chi connectivity index (χ2v) is 7.47. The van der Waals surface area contributed by atoms with Gasteiger partial charge in [-0.1, -0.05) is 6.07 Å². The summed E-state index contributed by atoms with van der Waals surface area (Å²) in [6, 6.07) is 9.34. The molecule has 1 atom stereocenters. The summed E-state index contributed by atoms with van der Waals surface area (Å²) in [4.78, 5) is 14.9. The van der Waals surface area contributed by atoms with Crippen LogP contribution in [-0.4, -0.2) is 52.0 Å². The molecule has 0 aliphatic carbocycles. The molecule has 0 saturated heterocycles. The average molecular weight is 415 g/mol. The van der Waals surface area contributed by atoms with Gasteiger partial charge in [0.15, 0.2) is 23.0 Å². The lowest BCUT2D eigenvalue weighted by molar-refractivity contribution is 0.177. The Morgan fingerprint density at radius 3 is 2.13 bits per heavy atom. The highest BCUT2D eigenvalue weighted by Gasteiger charge is 2.34. The number of fused-ring (bicyclic) bond motifs is 1. The fourth-order valence-electron chi connectivity index (χ4n) is 3.88. The monoisotopic (exact) mass is 414 g/mol. The molecule has 1 N–H and O–H groups in total. The van der Waals surface area contributed by atoms with Gasteiger partial charge in [-0.15, -0.1) is 0 Å². The fourth-order valence-corrected chi connectivity index (χ4v) is 3.88. The minimum Gasteiger partial charge on any atom is -0.493 e.